The van der Waals surface area contributed by atoms with Gasteiger partial charge in [0, 0.05) is 13.2 Å². The summed E-state index contributed by atoms with van der Waals surface area (Å²) in [6, 6.07) is 0. The minimum absolute atomic E-state index is 0.0218. The minimum atomic E-state index is 0.0218. The number of hydrogen-bond acceptors (Lipinski definition) is 2. The van der Waals surface area contributed by atoms with Crippen LogP contribution in [0.3, 0.4) is 0 Å². The molecule has 2 heterocycles. The first-order chi connectivity index (χ1) is 7.32. The lowest BCUT2D eigenvalue weighted by Gasteiger charge is -2.56. The fourth-order valence-corrected chi connectivity index (χ4v) is 8.48. The highest BCUT2D eigenvalue weighted by atomic mass is 31.1. The zero-order valence-electron chi connectivity index (χ0n) is 10.8. The van der Waals surface area contributed by atoms with E-state index in [-0.39, 0.29) is 25.4 Å². The van der Waals surface area contributed by atoms with E-state index in [1.807, 2.05) is 0 Å². The third-order valence-corrected chi connectivity index (χ3v) is 7.82. The molecule has 2 N–H and O–H groups in total. The highest BCUT2D eigenvalue weighted by molar-refractivity contribution is 7.57. The van der Waals surface area contributed by atoms with Crippen LogP contribution in [0.5, 0.6) is 0 Å². The first-order valence-electron chi connectivity index (χ1n) is 6.26. The van der Waals surface area contributed by atoms with Gasteiger partial charge in [0.15, 0.2) is 0 Å². The minimum Gasteiger partial charge on any atom is -0.396 e. The fraction of sp³-hybridized carbons (Fsp3) is 1.00. The van der Waals surface area contributed by atoms with E-state index in [9.17, 15) is 10.2 Å². The summed E-state index contributed by atoms with van der Waals surface area (Å²) in [6.07, 6.45) is 5.89. The van der Waals surface area contributed by atoms with Crippen LogP contribution in [0.4, 0.5) is 0 Å². The summed E-state index contributed by atoms with van der Waals surface area (Å²) in [5, 5.41) is 19.4. The Kier molecular flexibility index (Phi) is 3.15. The van der Waals surface area contributed by atoms with Crippen molar-refractivity contribution in [1.82, 2.24) is 0 Å². The van der Waals surface area contributed by atoms with Crippen LogP contribution in [0.1, 0.15) is 33.6 Å². The molecule has 2 aliphatic rings. The summed E-state index contributed by atoms with van der Waals surface area (Å²) in [5.74, 6) is 0. The SMILES string of the molecule is CC1(C)CP2CC(C)(CO)CC(CO)(C2)C1. The standard InChI is InChI=1S/C13H25O2P/c1-11(2)4-13(7-15)5-12(3,6-14)9-16(8-11)10-13/h14-15H,4-10H2,1-3H3. The number of fused-ring (bicyclic) bond motifs is 2. The van der Waals surface area contributed by atoms with Gasteiger partial charge in [0.1, 0.15) is 0 Å². The zero-order valence-corrected chi connectivity index (χ0v) is 11.7. The third kappa shape index (κ3) is 2.30. The van der Waals surface area contributed by atoms with Gasteiger partial charge in [-0.2, -0.15) is 0 Å². The highest BCUT2D eigenvalue weighted by Gasteiger charge is 2.51. The molecule has 0 amide bonds. The average Bonchev–Trinajstić information content (AvgIpc) is 2.14. The highest BCUT2D eigenvalue weighted by Crippen LogP contribution is 2.64. The molecule has 2 nitrogen and oxygen atoms in total. The predicted molar refractivity (Wildman–Crippen MR) is 69.2 cm³/mol. The van der Waals surface area contributed by atoms with E-state index in [4.69, 9.17) is 0 Å². The molecule has 0 radical (unpaired) electrons. The van der Waals surface area contributed by atoms with Gasteiger partial charge in [-0.05, 0) is 47.6 Å². The second-order valence-electron chi connectivity index (χ2n) is 7.29. The van der Waals surface area contributed by atoms with E-state index in [1.165, 1.54) is 18.5 Å². The van der Waals surface area contributed by atoms with Crippen molar-refractivity contribution in [3.63, 3.8) is 0 Å². The maximum Gasteiger partial charge on any atom is 0.0491 e. The molecule has 16 heavy (non-hydrogen) atoms. The number of aliphatic hydroxyl groups excluding tert-OH is 2. The molecule has 2 aliphatic heterocycles. The number of aliphatic hydroxyl groups is 2. The molecule has 3 unspecified atom stereocenters. The number of hydrogen-bond donors (Lipinski definition) is 2. The zero-order chi connectivity index (χ0) is 12.0. The Hall–Kier alpha value is 0.350. The van der Waals surface area contributed by atoms with Crippen LogP contribution in [0.15, 0.2) is 0 Å². The van der Waals surface area contributed by atoms with Crippen molar-refractivity contribution in [3.8, 4) is 0 Å². The van der Waals surface area contributed by atoms with Crippen molar-refractivity contribution < 1.29 is 10.2 Å². The van der Waals surface area contributed by atoms with Crippen molar-refractivity contribution in [1.29, 1.82) is 0 Å². The maximum atomic E-state index is 9.78. The van der Waals surface area contributed by atoms with E-state index < -0.39 is 0 Å². The molecule has 94 valence electrons. The van der Waals surface area contributed by atoms with Gasteiger partial charge < -0.3 is 10.2 Å². The van der Waals surface area contributed by atoms with Crippen LogP contribution in [-0.2, 0) is 0 Å². The molecule has 2 fully saturated rings. The lowest BCUT2D eigenvalue weighted by molar-refractivity contribution is 0.0162. The van der Waals surface area contributed by atoms with Crippen LogP contribution in [-0.4, -0.2) is 41.9 Å². The van der Waals surface area contributed by atoms with Gasteiger partial charge in [0.25, 0.3) is 0 Å². The van der Waals surface area contributed by atoms with Crippen LogP contribution in [0.2, 0.25) is 0 Å². The Morgan fingerprint density at radius 1 is 0.938 bits per heavy atom. The molecule has 0 aromatic carbocycles. The Labute approximate surface area is 100 Å². The fourth-order valence-electron chi connectivity index (χ4n) is 4.26. The van der Waals surface area contributed by atoms with Crippen molar-refractivity contribution in [3.05, 3.63) is 0 Å². The number of rotatable bonds is 2. The predicted octanol–water partition coefficient (Wildman–Crippen LogP) is 2.28. The first-order valence-corrected chi connectivity index (χ1v) is 8.16. The topological polar surface area (TPSA) is 40.5 Å². The molecular formula is C13H25O2P. The molecule has 0 aromatic rings. The van der Waals surface area contributed by atoms with Crippen molar-refractivity contribution >= 4 is 7.92 Å². The molecule has 2 bridgehead atoms. The summed E-state index contributed by atoms with van der Waals surface area (Å²) in [5.41, 5.74) is 0.579. The summed E-state index contributed by atoms with van der Waals surface area (Å²) in [6.45, 7) is 7.48. The van der Waals surface area contributed by atoms with Crippen LogP contribution < -0.4 is 0 Å². The molecule has 0 spiro atoms. The summed E-state index contributed by atoms with van der Waals surface area (Å²) in [4.78, 5) is 0. The van der Waals surface area contributed by atoms with E-state index in [1.54, 1.807) is 0 Å². The third-order valence-electron chi connectivity index (χ3n) is 4.19. The van der Waals surface area contributed by atoms with E-state index in [2.05, 4.69) is 20.8 Å². The van der Waals surface area contributed by atoms with E-state index in [0.717, 1.165) is 12.8 Å². The Bertz CT molecular complexity index is 277. The average molecular weight is 244 g/mol. The molecule has 3 atom stereocenters. The summed E-state index contributed by atoms with van der Waals surface area (Å²) < 4.78 is 0. The monoisotopic (exact) mass is 244 g/mol. The smallest absolute Gasteiger partial charge is 0.0491 e. The van der Waals surface area contributed by atoms with Gasteiger partial charge in [-0.25, -0.2) is 0 Å². The molecule has 2 rings (SSSR count). The Balaban J connectivity index is 2.25. The van der Waals surface area contributed by atoms with Crippen LogP contribution >= 0.6 is 7.92 Å². The van der Waals surface area contributed by atoms with Gasteiger partial charge >= 0.3 is 0 Å². The normalized spacial score (nSPS) is 46.7. The second-order valence-corrected chi connectivity index (χ2v) is 9.58. The first kappa shape index (κ1) is 12.8. The van der Waals surface area contributed by atoms with Crippen LogP contribution in [0, 0.1) is 16.2 Å². The molecule has 2 saturated heterocycles. The van der Waals surface area contributed by atoms with Crippen molar-refractivity contribution in [2.24, 2.45) is 16.2 Å². The Morgan fingerprint density at radius 3 is 2.19 bits per heavy atom. The second kappa shape index (κ2) is 3.93. The molecule has 3 heteroatoms. The molecule has 0 aliphatic carbocycles. The summed E-state index contributed by atoms with van der Waals surface area (Å²) in [7, 11) is 0.0218. The van der Waals surface area contributed by atoms with Gasteiger partial charge in [-0.3, -0.25) is 0 Å². The summed E-state index contributed by atoms with van der Waals surface area (Å²) >= 11 is 0. The Morgan fingerprint density at radius 2 is 1.62 bits per heavy atom. The van der Waals surface area contributed by atoms with E-state index in [0.29, 0.717) is 12.0 Å². The quantitative estimate of drug-likeness (QED) is 0.732. The molecular weight excluding hydrogens is 219 g/mol. The van der Waals surface area contributed by atoms with Crippen molar-refractivity contribution in [2.75, 3.05) is 31.7 Å². The maximum absolute atomic E-state index is 9.78. The van der Waals surface area contributed by atoms with Gasteiger partial charge in [0.2, 0.25) is 0 Å². The van der Waals surface area contributed by atoms with E-state index >= 15 is 0 Å². The van der Waals surface area contributed by atoms with Gasteiger partial charge in [-0.15, -0.1) is 7.92 Å². The van der Waals surface area contributed by atoms with Crippen molar-refractivity contribution in [2.45, 2.75) is 33.6 Å². The molecule has 0 saturated carbocycles. The van der Waals surface area contributed by atoms with Crippen LogP contribution in [0.25, 0.3) is 0 Å². The lowest BCUT2D eigenvalue weighted by Crippen LogP contribution is -2.50. The van der Waals surface area contributed by atoms with Gasteiger partial charge in [-0.1, -0.05) is 20.8 Å². The largest absolute Gasteiger partial charge is 0.396 e. The molecule has 0 aromatic heterocycles. The lowest BCUT2D eigenvalue weighted by atomic mass is 9.66. The van der Waals surface area contributed by atoms with Gasteiger partial charge in [0.05, 0.1) is 0 Å².